The van der Waals surface area contributed by atoms with E-state index in [9.17, 15) is 19.2 Å². The fourth-order valence-electron chi connectivity index (χ4n) is 9.14. The van der Waals surface area contributed by atoms with Gasteiger partial charge in [0.15, 0.2) is 11.2 Å². The summed E-state index contributed by atoms with van der Waals surface area (Å²) in [6, 6.07) is 18.6. The first kappa shape index (κ1) is 34.6. The lowest BCUT2D eigenvalue weighted by Gasteiger charge is -2.36. The number of rotatable bonds is 9. The number of hydrogen-bond donors (Lipinski definition) is 2. The molecule has 2 aromatic heterocycles. The number of aryl methyl sites for hydroxylation is 1. The summed E-state index contributed by atoms with van der Waals surface area (Å²) in [5.74, 6) is -1.57. The number of benzene rings is 3. The number of hydrogen-bond acceptors (Lipinski definition) is 9. The maximum atomic E-state index is 15.9. The van der Waals surface area contributed by atoms with Crippen molar-refractivity contribution in [3.63, 3.8) is 0 Å². The molecule has 0 saturated carbocycles. The van der Waals surface area contributed by atoms with Crippen LogP contribution in [0.1, 0.15) is 58.2 Å². The fourth-order valence-corrected chi connectivity index (χ4v) is 9.67. The van der Waals surface area contributed by atoms with E-state index in [2.05, 4.69) is 48.6 Å². The minimum absolute atomic E-state index is 0.0425. The molecule has 56 heavy (non-hydrogen) atoms. The molecule has 0 aliphatic carbocycles. The normalized spacial score (nSPS) is 20.8. The Morgan fingerprint density at radius 3 is 2.62 bits per heavy atom. The van der Waals surface area contributed by atoms with Crippen LogP contribution >= 0.6 is 11.3 Å². The molecule has 2 bridgehead atoms. The zero-order valence-corrected chi connectivity index (χ0v) is 31.2. The van der Waals surface area contributed by atoms with E-state index in [1.54, 1.807) is 28.9 Å². The predicted octanol–water partition coefficient (Wildman–Crippen LogP) is 5.34. The Labute approximate surface area is 325 Å². The molecule has 1 unspecified atom stereocenters. The first-order chi connectivity index (χ1) is 27.3. The lowest BCUT2D eigenvalue weighted by atomic mass is 9.99. The van der Waals surface area contributed by atoms with Crippen LogP contribution in [0.5, 0.6) is 0 Å². The molecule has 0 radical (unpaired) electrons. The summed E-state index contributed by atoms with van der Waals surface area (Å²) in [4.78, 5) is 68.7. The van der Waals surface area contributed by atoms with E-state index in [4.69, 9.17) is 0 Å². The van der Waals surface area contributed by atoms with Crippen LogP contribution in [-0.4, -0.2) is 79.8 Å². The minimum Gasteiger partial charge on any atom is -0.366 e. The van der Waals surface area contributed by atoms with Crippen LogP contribution < -0.4 is 20.4 Å². The van der Waals surface area contributed by atoms with Crippen molar-refractivity contribution in [1.29, 1.82) is 0 Å². The number of thiazole rings is 1. The fraction of sp³-hybridized carbons (Fsp3) is 0.317. The number of halogens is 1. The van der Waals surface area contributed by atoms with Crippen LogP contribution in [0.25, 0.3) is 11.1 Å². The molecule has 15 heteroatoms. The van der Waals surface area contributed by atoms with Gasteiger partial charge in [-0.1, -0.05) is 24.3 Å². The summed E-state index contributed by atoms with van der Waals surface area (Å²) in [7, 11) is 0. The smallest absolute Gasteiger partial charge is 0.328 e. The zero-order chi connectivity index (χ0) is 38.1. The monoisotopic (exact) mass is 771 g/mol. The van der Waals surface area contributed by atoms with Crippen LogP contribution in [0.3, 0.4) is 0 Å². The lowest BCUT2D eigenvalue weighted by molar-refractivity contribution is -0.121. The van der Waals surface area contributed by atoms with E-state index < -0.39 is 23.7 Å². The Bertz CT molecular complexity index is 2400. The van der Waals surface area contributed by atoms with Crippen molar-refractivity contribution in [3.05, 3.63) is 112 Å². The molecular formula is C41H38FN9O4S. The van der Waals surface area contributed by atoms with Crippen molar-refractivity contribution in [2.24, 2.45) is 0 Å². The van der Waals surface area contributed by atoms with Gasteiger partial charge in [-0.2, -0.15) is 0 Å². The third-order valence-corrected chi connectivity index (χ3v) is 12.5. The Morgan fingerprint density at radius 1 is 0.964 bits per heavy atom. The van der Waals surface area contributed by atoms with Crippen LogP contribution in [-0.2, 0) is 35.6 Å². The molecule has 13 nitrogen and oxygen atoms in total. The van der Waals surface area contributed by atoms with E-state index in [0.29, 0.717) is 35.0 Å². The van der Waals surface area contributed by atoms with Crippen LogP contribution in [0, 0.1) is 5.82 Å². The highest BCUT2D eigenvalue weighted by atomic mass is 32.1. The molecule has 0 spiro atoms. The van der Waals surface area contributed by atoms with E-state index in [1.807, 2.05) is 34.9 Å². The van der Waals surface area contributed by atoms with Crippen LogP contribution in [0.2, 0.25) is 0 Å². The van der Waals surface area contributed by atoms with Crippen LogP contribution in [0.4, 0.5) is 25.7 Å². The number of anilines is 3. The third kappa shape index (κ3) is 6.01. The van der Waals surface area contributed by atoms with Gasteiger partial charge < -0.3 is 14.4 Å². The number of piperazine rings is 1. The van der Waals surface area contributed by atoms with Crippen molar-refractivity contribution in [2.45, 2.75) is 63.4 Å². The number of carbonyl (C=O) groups is 4. The van der Waals surface area contributed by atoms with Gasteiger partial charge in [-0.25, -0.2) is 19.2 Å². The highest BCUT2D eigenvalue weighted by molar-refractivity contribution is 7.13. The molecule has 5 aliphatic rings. The van der Waals surface area contributed by atoms with Gasteiger partial charge in [0.1, 0.15) is 5.82 Å². The molecule has 10 rings (SSSR count). The Hall–Kier alpha value is -5.93. The average Bonchev–Trinajstić information content (AvgIpc) is 4.06. The highest BCUT2D eigenvalue weighted by Crippen LogP contribution is 2.40. The molecule has 5 amide bonds. The van der Waals surface area contributed by atoms with Crippen LogP contribution in [0.15, 0.2) is 78.6 Å². The van der Waals surface area contributed by atoms with E-state index in [1.165, 1.54) is 22.3 Å². The van der Waals surface area contributed by atoms with Gasteiger partial charge in [0.2, 0.25) is 5.91 Å². The van der Waals surface area contributed by atoms with E-state index in [-0.39, 0.29) is 36.0 Å². The second kappa shape index (κ2) is 13.7. The number of imide groups is 1. The molecule has 5 aromatic rings. The molecule has 3 aromatic carbocycles. The van der Waals surface area contributed by atoms with Gasteiger partial charge in [0, 0.05) is 91.0 Å². The van der Waals surface area contributed by atoms with Crippen molar-refractivity contribution < 1.29 is 23.6 Å². The number of likely N-dealkylation sites (tertiary alicyclic amines) is 1. The third-order valence-electron chi connectivity index (χ3n) is 11.8. The number of amides is 5. The Morgan fingerprint density at radius 2 is 1.84 bits per heavy atom. The first-order valence-electron chi connectivity index (χ1n) is 19.0. The number of nitrogens with one attached hydrogen (secondary N) is 2. The topological polar surface area (TPSA) is 136 Å². The van der Waals surface area contributed by atoms with Crippen molar-refractivity contribution in [3.8, 4) is 11.1 Å². The highest BCUT2D eigenvalue weighted by Gasteiger charge is 2.44. The lowest BCUT2D eigenvalue weighted by Crippen LogP contribution is -2.49. The summed E-state index contributed by atoms with van der Waals surface area (Å²) in [6.07, 6.45) is 6.33. The minimum atomic E-state index is -1.04. The molecule has 284 valence electrons. The van der Waals surface area contributed by atoms with Gasteiger partial charge in [-0.15, -0.1) is 11.3 Å². The number of aromatic nitrogens is 3. The summed E-state index contributed by atoms with van der Waals surface area (Å²) in [5, 5.41) is 7.43. The molecule has 5 aliphatic heterocycles. The Balaban J connectivity index is 0.832. The summed E-state index contributed by atoms with van der Waals surface area (Å²) in [5.41, 5.74) is 6.37. The van der Waals surface area contributed by atoms with E-state index in [0.717, 1.165) is 73.6 Å². The van der Waals surface area contributed by atoms with Gasteiger partial charge in [-0.3, -0.25) is 34.8 Å². The van der Waals surface area contributed by atoms with Gasteiger partial charge in [-0.05, 0) is 72.4 Å². The average molecular weight is 772 g/mol. The number of carbonyl (C=O) groups excluding carboxylic acids is 4. The second-order valence-corrected chi connectivity index (χ2v) is 16.0. The van der Waals surface area contributed by atoms with Gasteiger partial charge in [0.25, 0.3) is 11.8 Å². The second-order valence-electron chi connectivity index (χ2n) is 15.1. The van der Waals surface area contributed by atoms with E-state index >= 15 is 4.39 Å². The largest absolute Gasteiger partial charge is 0.366 e. The number of nitrogens with zero attached hydrogens (tertiary/aromatic N) is 7. The summed E-state index contributed by atoms with van der Waals surface area (Å²) < 4.78 is 17.9. The quantitative estimate of drug-likeness (QED) is 0.205. The van der Waals surface area contributed by atoms with Gasteiger partial charge in [0.05, 0.1) is 18.6 Å². The SMILES string of the molecule is O=C1CCN(c2cccc(CN3C[C@H]4C[C@@H]3CN4c3ccc(-c4cc(F)c5c(c4)C(=O)N(C(C(=O)Nc4nccs4)c4ncn6c4CCC6)C5)cc3)c2)C(=O)N1. The molecule has 3 saturated heterocycles. The Kier molecular flexibility index (Phi) is 8.44. The molecule has 3 atom stereocenters. The molecule has 7 heterocycles. The van der Waals surface area contributed by atoms with Crippen molar-refractivity contribution in [2.75, 3.05) is 34.8 Å². The summed E-state index contributed by atoms with van der Waals surface area (Å²) >= 11 is 1.28. The number of imidazole rings is 1. The molecule has 3 fully saturated rings. The van der Waals surface area contributed by atoms with Gasteiger partial charge >= 0.3 is 6.03 Å². The maximum Gasteiger partial charge on any atom is 0.328 e. The molecule has 2 N–H and O–H groups in total. The maximum absolute atomic E-state index is 15.9. The van der Waals surface area contributed by atoms with Crippen molar-refractivity contribution in [1.82, 2.24) is 29.7 Å². The standard InChI is InChI=1S/C41H38FN9O4S/c42-33-17-26(16-31-32(33)22-51(39(31)54)37(38(53)46-40-43-11-14-56-40)36-34-5-2-12-47(34)23-44-36)25-6-8-27(9-7-25)50-21-29-18-30(50)20-48(29)19-24-3-1-4-28(15-24)49-13-10-35(52)45-41(49)55/h1,3-4,6-9,11,14-17,23,29-30,37H,2,5,10,12-13,18-22H2,(H,43,46,53)(H,45,52,55)/t29-,30-,37?/m1/s1. The predicted molar refractivity (Wildman–Crippen MR) is 208 cm³/mol. The first-order valence-corrected chi connectivity index (χ1v) is 19.8. The molecular weight excluding hydrogens is 734 g/mol. The zero-order valence-electron chi connectivity index (χ0n) is 30.4. The van der Waals surface area contributed by atoms with Crippen molar-refractivity contribution >= 4 is 51.6 Å². The number of urea groups is 1. The summed E-state index contributed by atoms with van der Waals surface area (Å²) in [6.45, 7) is 3.70. The number of fused-ring (bicyclic) bond motifs is 4.